The van der Waals surface area contributed by atoms with Gasteiger partial charge in [-0.05, 0) is 49.5 Å². The first-order valence-corrected chi connectivity index (χ1v) is 13.4. The number of likely N-dealkylation sites (N-methyl/N-ethyl adjacent to an activating group) is 1. The van der Waals surface area contributed by atoms with Crippen LogP contribution in [0.1, 0.15) is 10.4 Å². The number of nitrogens with one attached hydrogen (secondary N) is 1. The van der Waals surface area contributed by atoms with Crippen molar-refractivity contribution in [2.75, 3.05) is 71.5 Å². The van der Waals surface area contributed by atoms with Gasteiger partial charge in [0.25, 0.3) is 11.8 Å². The summed E-state index contributed by atoms with van der Waals surface area (Å²) in [5.74, 6) is -0.256. The third-order valence-corrected chi connectivity index (χ3v) is 8.27. The molecular weight excluding hydrogens is 508 g/mol. The molecule has 2 aromatic carbocycles. The van der Waals surface area contributed by atoms with Crippen LogP contribution in [0.2, 0.25) is 5.02 Å². The van der Waals surface area contributed by atoms with Crippen molar-refractivity contribution in [3.8, 4) is 5.75 Å². The molecule has 194 valence electrons. The lowest BCUT2D eigenvalue weighted by molar-refractivity contribution is -0.118. The SMILES string of the molecule is CN1CCN(C(=O)c2ccc(NC(=O)COc3ccc(S(=O)(=O)N4CCOCC4)cc3Cl)cc2)CC1. The molecule has 2 fully saturated rings. The van der Waals surface area contributed by atoms with Gasteiger partial charge in [-0.15, -0.1) is 0 Å². The Morgan fingerprint density at radius 3 is 2.31 bits per heavy atom. The Hall–Kier alpha value is -2.70. The Kier molecular flexibility index (Phi) is 8.47. The molecule has 2 aliphatic rings. The van der Waals surface area contributed by atoms with Gasteiger partial charge < -0.3 is 24.6 Å². The Balaban J connectivity index is 1.30. The Labute approximate surface area is 215 Å². The van der Waals surface area contributed by atoms with Gasteiger partial charge >= 0.3 is 0 Å². The molecule has 2 aliphatic heterocycles. The summed E-state index contributed by atoms with van der Waals surface area (Å²) in [6, 6.07) is 10.8. The van der Waals surface area contributed by atoms with Gasteiger partial charge in [-0.1, -0.05) is 11.6 Å². The first-order valence-electron chi connectivity index (χ1n) is 11.6. The van der Waals surface area contributed by atoms with Gasteiger partial charge in [-0.3, -0.25) is 9.59 Å². The fraction of sp³-hybridized carbons (Fsp3) is 0.417. The van der Waals surface area contributed by atoms with Gasteiger partial charge in [0, 0.05) is 50.5 Å². The largest absolute Gasteiger partial charge is 0.482 e. The second kappa shape index (κ2) is 11.6. The molecule has 4 rings (SSSR count). The van der Waals surface area contributed by atoms with Gasteiger partial charge in [0.05, 0.1) is 23.1 Å². The van der Waals surface area contributed by atoms with Crippen molar-refractivity contribution in [3.05, 3.63) is 53.1 Å². The van der Waals surface area contributed by atoms with Crippen molar-refractivity contribution in [3.63, 3.8) is 0 Å². The lowest BCUT2D eigenvalue weighted by Gasteiger charge is -2.32. The van der Waals surface area contributed by atoms with Crippen molar-refractivity contribution in [2.45, 2.75) is 4.90 Å². The highest BCUT2D eigenvalue weighted by molar-refractivity contribution is 7.89. The molecule has 0 atom stereocenters. The number of carbonyl (C=O) groups excluding carboxylic acids is 2. The van der Waals surface area contributed by atoms with E-state index < -0.39 is 15.9 Å². The van der Waals surface area contributed by atoms with Gasteiger partial charge in [-0.2, -0.15) is 4.31 Å². The molecule has 0 aliphatic carbocycles. The highest BCUT2D eigenvalue weighted by Crippen LogP contribution is 2.29. The molecule has 2 heterocycles. The molecule has 12 heteroatoms. The number of sulfonamides is 1. The summed E-state index contributed by atoms with van der Waals surface area (Å²) in [7, 11) is -1.66. The first-order chi connectivity index (χ1) is 17.2. The molecule has 2 aromatic rings. The van der Waals surface area contributed by atoms with Crippen molar-refractivity contribution in [2.24, 2.45) is 0 Å². The van der Waals surface area contributed by atoms with Crippen molar-refractivity contribution in [1.29, 1.82) is 0 Å². The number of benzene rings is 2. The van der Waals surface area contributed by atoms with E-state index in [1.807, 2.05) is 11.9 Å². The molecule has 0 spiro atoms. The van der Waals surface area contributed by atoms with Crippen LogP contribution in [0.5, 0.6) is 5.75 Å². The molecule has 0 saturated carbocycles. The predicted molar refractivity (Wildman–Crippen MR) is 135 cm³/mol. The molecule has 0 aromatic heterocycles. The van der Waals surface area contributed by atoms with E-state index in [0.717, 1.165) is 13.1 Å². The third-order valence-electron chi connectivity index (χ3n) is 6.08. The molecular formula is C24H29ClN4O6S. The first kappa shape index (κ1) is 26.4. The summed E-state index contributed by atoms with van der Waals surface area (Å²) in [4.78, 5) is 29.1. The van der Waals surface area contributed by atoms with Crippen LogP contribution in [0.4, 0.5) is 5.69 Å². The van der Waals surface area contributed by atoms with Crippen LogP contribution in [0.25, 0.3) is 0 Å². The van der Waals surface area contributed by atoms with E-state index in [2.05, 4.69) is 10.2 Å². The summed E-state index contributed by atoms with van der Waals surface area (Å²) in [5, 5.41) is 2.80. The normalized spacial score (nSPS) is 17.6. The third kappa shape index (κ3) is 6.34. The summed E-state index contributed by atoms with van der Waals surface area (Å²) in [6.45, 7) is 4.00. The molecule has 36 heavy (non-hydrogen) atoms. The minimum absolute atomic E-state index is 0.0296. The number of hydrogen-bond donors (Lipinski definition) is 1. The molecule has 1 N–H and O–H groups in total. The second-order valence-electron chi connectivity index (χ2n) is 8.62. The summed E-state index contributed by atoms with van der Waals surface area (Å²) < 4.78 is 37.6. The molecule has 0 bridgehead atoms. The molecule has 0 unspecified atom stereocenters. The Morgan fingerprint density at radius 1 is 1.00 bits per heavy atom. The minimum atomic E-state index is -3.69. The molecule has 0 radical (unpaired) electrons. The fourth-order valence-electron chi connectivity index (χ4n) is 3.92. The van der Waals surface area contributed by atoms with Crippen LogP contribution < -0.4 is 10.1 Å². The van der Waals surface area contributed by atoms with E-state index in [0.29, 0.717) is 37.6 Å². The zero-order valence-corrected chi connectivity index (χ0v) is 21.6. The van der Waals surface area contributed by atoms with Crippen molar-refractivity contribution < 1.29 is 27.5 Å². The van der Waals surface area contributed by atoms with Crippen LogP contribution >= 0.6 is 11.6 Å². The van der Waals surface area contributed by atoms with E-state index in [4.69, 9.17) is 21.1 Å². The standard InChI is InChI=1S/C24H29ClN4O6S/c1-27-8-10-28(11-9-27)24(31)18-2-4-19(5-3-18)26-23(30)17-35-22-7-6-20(16-21(22)25)36(32,33)29-12-14-34-15-13-29/h2-7,16H,8-15,17H2,1H3,(H,26,30). The number of piperazine rings is 1. The van der Waals surface area contributed by atoms with E-state index in [1.54, 1.807) is 24.3 Å². The smallest absolute Gasteiger partial charge is 0.262 e. The molecule has 10 nitrogen and oxygen atoms in total. The van der Waals surface area contributed by atoms with Crippen LogP contribution in [0.3, 0.4) is 0 Å². The quantitative estimate of drug-likeness (QED) is 0.574. The number of morpholine rings is 1. The number of hydrogen-bond acceptors (Lipinski definition) is 7. The summed E-state index contributed by atoms with van der Waals surface area (Å²) in [6.07, 6.45) is 0. The maximum absolute atomic E-state index is 12.8. The van der Waals surface area contributed by atoms with E-state index >= 15 is 0 Å². The minimum Gasteiger partial charge on any atom is -0.482 e. The average Bonchev–Trinajstić information content (AvgIpc) is 2.89. The number of anilines is 1. The van der Waals surface area contributed by atoms with Crippen molar-refractivity contribution in [1.82, 2.24) is 14.1 Å². The van der Waals surface area contributed by atoms with Crippen LogP contribution in [0, 0.1) is 0 Å². The number of ether oxygens (including phenoxy) is 2. The lowest BCUT2D eigenvalue weighted by atomic mass is 10.1. The second-order valence-corrected chi connectivity index (χ2v) is 11.0. The van der Waals surface area contributed by atoms with E-state index in [-0.39, 0.29) is 41.3 Å². The lowest BCUT2D eigenvalue weighted by Crippen LogP contribution is -2.47. The maximum atomic E-state index is 12.8. The Morgan fingerprint density at radius 2 is 1.67 bits per heavy atom. The van der Waals surface area contributed by atoms with E-state index in [1.165, 1.54) is 22.5 Å². The predicted octanol–water partition coefficient (Wildman–Crippen LogP) is 1.77. The highest BCUT2D eigenvalue weighted by Gasteiger charge is 2.27. The number of amides is 2. The summed E-state index contributed by atoms with van der Waals surface area (Å²) >= 11 is 6.23. The van der Waals surface area contributed by atoms with Crippen LogP contribution in [-0.2, 0) is 19.6 Å². The Bertz CT molecular complexity index is 1190. The number of rotatable bonds is 7. The van der Waals surface area contributed by atoms with Gasteiger partial charge in [0.2, 0.25) is 10.0 Å². The number of carbonyl (C=O) groups is 2. The highest BCUT2D eigenvalue weighted by atomic mass is 35.5. The fourth-order valence-corrected chi connectivity index (χ4v) is 5.66. The monoisotopic (exact) mass is 536 g/mol. The number of halogens is 1. The zero-order valence-electron chi connectivity index (χ0n) is 20.0. The van der Waals surface area contributed by atoms with Gasteiger partial charge in [0.1, 0.15) is 5.75 Å². The molecule has 2 amide bonds. The number of nitrogens with zero attached hydrogens (tertiary/aromatic N) is 3. The maximum Gasteiger partial charge on any atom is 0.262 e. The van der Waals surface area contributed by atoms with Crippen LogP contribution in [-0.4, -0.2) is 100 Å². The zero-order chi connectivity index (χ0) is 25.7. The van der Waals surface area contributed by atoms with Gasteiger partial charge in [-0.25, -0.2) is 8.42 Å². The summed E-state index contributed by atoms with van der Waals surface area (Å²) in [5.41, 5.74) is 1.09. The van der Waals surface area contributed by atoms with Crippen LogP contribution in [0.15, 0.2) is 47.4 Å². The van der Waals surface area contributed by atoms with Crippen molar-refractivity contribution >= 4 is 39.1 Å². The average molecular weight is 537 g/mol. The van der Waals surface area contributed by atoms with E-state index in [9.17, 15) is 18.0 Å². The van der Waals surface area contributed by atoms with Gasteiger partial charge in [0.15, 0.2) is 6.61 Å². The topological polar surface area (TPSA) is 108 Å². The molecule has 2 saturated heterocycles.